The molecule has 0 radical (unpaired) electrons. The average Bonchev–Trinajstić information content (AvgIpc) is 3.50. The van der Waals surface area contributed by atoms with Crippen molar-refractivity contribution in [2.24, 2.45) is 0 Å². The van der Waals surface area contributed by atoms with E-state index < -0.39 is 0 Å². The molecule has 11 heteroatoms. The molecule has 1 aliphatic rings. The number of likely N-dealkylation sites (tertiary alicyclic amines) is 1. The van der Waals surface area contributed by atoms with E-state index in [4.69, 9.17) is 0 Å². The summed E-state index contributed by atoms with van der Waals surface area (Å²) < 4.78 is 13.6. The fourth-order valence-corrected chi connectivity index (χ4v) is 5.10. The predicted octanol–water partition coefficient (Wildman–Crippen LogP) is 3.32. The van der Waals surface area contributed by atoms with Crippen molar-refractivity contribution in [2.75, 3.05) is 19.6 Å². The first-order valence-electron chi connectivity index (χ1n) is 11.9. The van der Waals surface area contributed by atoms with Gasteiger partial charge in [-0.3, -0.25) is 19.5 Å². The van der Waals surface area contributed by atoms with E-state index in [0.717, 1.165) is 16.8 Å². The van der Waals surface area contributed by atoms with E-state index >= 15 is 0 Å². The first-order valence-corrected chi connectivity index (χ1v) is 12.7. The minimum atomic E-state index is -0.339. The van der Waals surface area contributed by atoms with Crippen molar-refractivity contribution in [1.29, 1.82) is 0 Å². The van der Waals surface area contributed by atoms with Gasteiger partial charge in [0, 0.05) is 48.6 Å². The Balaban J connectivity index is 1.62. The monoisotopic (exact) mass is 512 g/mol. The zero-order valence-corrected chi connectivity index (χ0v) is 21.2. The van der Waals surface area contributed by atoms with Crippen molar-refractivity contribution in [1.82, 2.24) is 30.7 Å². The van der Waals surface area contributed by atoms with Crippen LogP contribution >= 0.6 is 11.3 Å². The van der Waals surface area contributed by atoms with Gasteiger partial charge in [0.15, 0.2) is 0 Å². The third-order valence-electron chi connectivity index (χ3n) is 6.03. The lowest BCUT2D eigenvalue weighted by Gasteiger charge is -2.32. The van der Waals surface area contributed by atoms with Gasteiger partial charge >= 0.3 is 0 Å². The van der Waals surface area contributed by atoms with E-state index in [1.807, 2.05) is 13.8 Å². The van der Waals surface area contributed by atoms with Gasteiger partial charge in [-0.1, -0.05) is 0 Å². The Bertz CT molecular complexity index is 1240. The number of nitrogens with one attached hydrogen (secondary N) is 3. The maximum Gasteiger partial charge on any atom is 0.270 e. The summed E-state index contributed by atoms with van der Waals surface area (Å²) in [7, 11) is 0. The molecule has 1 saturated heterocycles. The maximum absolute atomic E-state index is 13.6. The number of aromatic nitrogens is 3. The van der Waals surface area contributed by atoms with Crippen molar-refractivity contribution in [3.8, 4) is 21.8 Å². The lowest BCUT2D eigenvalue weighted by atomic mass is 9.90. The first-order chi connectivity index (χ1) is 17.2. The molecule has 36 heavy (non-hydrogen) atoms. The smallest absolute Gasteiger partial charge is 0.270 e. The minimum Gasteiger partial charge on any atom is -0.349 e. The molecule has 3 amide bonds. The van der Waals surface area contributed by atoms with Gasteiger partial charge in [-0.15, -0.1) is 11.3 Å². The molecule has 0 bridgehead atoms. The Labute approximate surface area is 212 Å². The average molecular weight is 513 g/mol. The molecule has 3 N–H and O–H groups in total. The Morgan fingerprint density at radius 3 is 2.53 bits per heavy atom. The molecule has 1 aliphatic heterocycles. The van der Waals surface area contributed by atoms with Crippen LogP contribution in [0.15, 0.2) is 29.6 Å². The van der Waals surface area contributed by atoms with Gasteiger partial charge in [-0.2, -0.15) is 5.10 Å². The predicted molar refractivity (Wildman–Crippen MR) is 135 cm³/mol. The topological polar surface area (TPSA) is 120 Å². The number of piperidine rings is 1. The Hall–Kier alpha value is -3.60. The highest BCUT2D eigenvalue weighted by atomic mass is 32.1. The molecule has 2 aromatic heterocycles. The number of H-pyrrole nitrogens is 1. The number of hydrogen-bond acceptors (Lipinski definition) is 6. The molecule has 0 unspecified atom stereocenters. The largest absolute Gasteiger partial charge is 0.349 e. The summed E-state index contributed by atoms with van der Waals surface area (Å²) in [5.74, 6) is -0.843. The third-order valence-corrected chi connectivity index (χ3v) is 6.89. The second kappa shape index (κ2) is 11.0. The molecule has 1 fully saturated rings. The Morgan fingerprint density at radius 1 is 1.19 bits per heavy atom. The normalized spacial score (nSPS) is 14.2. The number of carbonyl (C=O) groups is 3. The number of hydrogen-bond donors (Lipinski definition) is 3. The van der Waals surface area contributed by atoms with Crippen molar-refractivity contribution in [2.45, 2.75) is 45.6 Å². The molecular formula is C25H29FN6O3S. The zero-order chi connectivity index (χ0) is 25.8. The fourth-order valence-electron chi connectivity index (χ4n) is 4.24. The Morgan fingerprint density at radius 2 is 1.89 bits per heavy atom. The highest BCUT2D eigenvalue weighted by Gasteiger charge is 2.30. The standard InChI is InChI=1S/C25H29FN6O3S/c1-14(2)28-24(35)19-13-36-25(29-19)21-22(16-4-6-18(26)7-5-16)30-31-23(21)17-8-10-32(11-9-17)20(34)12-27-15(3)33/h4-7,13-14,17H,8-12H2,1-3H3,(H,27,33)(H,28,35)(H,30,31). The fraction of sp³-hybridized carbons (Fsp3) is 0.400. The van der Waals surface area contributed by atoms with Crippen LogP contribution in [-0.4, -0.2) is 63.5 Å². The van der Waals surface area contributed by atoms with Crippen molar-refractivity contribution < 1.29 is 18.8 Å². The van der Waals surface area contributed by atoms with Crippen LogP contribution in [0, 0.1) is 5.82 Å². The Kier molecular flexibility index (Phi) is 7.78. The highest BCUT2D eigenvalue weighted by molar-refractivity contribution is 7.13. The van der Waals surface area contributed by atoms with E-state index in [2.05, 4.69) is 25.8 Å². The van der Waals surface area contributed by atoms with Crippen LogP contribution in [0.25, 0.3) is 21.8 Å². The van der Waals surface area contributed by atoms with Crippen LogP contribution in [0.2, 0.25) is 0 Å². The van der Waals surface area contributed by atoms with E-state index in [-0.39, 0.29) is 42.0 Å². The number of halogens is 1. The molecule has 1 aromatic carbocycles. The summed E-state index contributed by atoms with van der Waals surface area (Å²) in [4.78, 5) is 42.4. The lowest BCUT2D eigenvalue weighted by Crippen LogP contribution is -2.43. The minimum absolute atomic E-state index is 0.00957. The van der Waals surface area contributed by atoms with Gasteiger partial charge in [0.25, 0.3) is 5.91 Å². The number of nitrogens with zero attached hydrogens (tertiary/aromatic N) is 3. The van der Waals surface area contributed by atoms with E-state index in [9.17, 15) is 18.8 Å². The molecule has 0 aliphatic carbocycles. The first kappa shape index (κ1) is 25.5. The van der Waals surface area contributed by atoms with Crippen molar-refractivity contribution in [3.05, 3.63) is 46.9 Å². The zero-order valence-electron chi connectivity index (χ0n) is 20.4. The highest BCUT2D eigenvalue weighted by Crippen LogP contribution is 2.41. The molecule has 3 aromatic rings. The van der Waals surface area contributed by atoms with Crippen molar-refractivity contribution >= 4 is 29.1 Å². The van der Waals surface area contributed by atoms with E-state index in [1.54, 1.807) is 22.4 Å². The number of thiazole rings is 1. The molecule has 4 rings (SSSR count). The molecule has 9 nitrogen and oxygen atoms in total. The molecule has 0 spiro atoms. The number of amides is 3. The van der Waals surface area contributed by atoms with Crippen LogP contribution in [0.3, 0.4) is 0 Å². The lowest BCUT2D eigenvalue weighted by molar-refractivity contribution is -0.133. The quantitative estimate of drug-likeness (QED) is 0.449. The number of carbonyl (C=O) groups excluding carboxylic acids is 3. The van der Waals surface area contributed by atoms with Gasteiger partial charge in [-0.05, 0) is 51.0 Å². The summed E-state index contributed by atoms with van der Waals surface area (Å²) >= 11 is 1.36. The van der Waals surface area contributed by atoms with Gasteiger partial charge in [0.2, 0.25) is 11.8 Å². The van der Waals surface area contributed by atoms with Crippen LogP contribution in [0.1, 0.15) is 55.7 Å². The number of rotatable bonds is 7. The van der Waals surface area contributed by atoms with Gasteiger partial charge in [-0.25, -0.2) is 9.37 Å². The van der Waals surface area contributed by atoms with E-state index in [1.165, 1.54) is 30.4 Å². The van der Waals surface area contributed by atoms with Crippen LogP contribution in [0.4, 0.5) is 4.39 Å². The molecular weight excluding hydrogens is 483 g/mol. The molecule has 0 atom stereocenters. The maximum atomic E-state index is 13.6. The third kappa shape index (κ3) is 5.78. The summed E-state index contributed by atoms with van der Waals surface area (Å²) in [6, 6.07) is 6.09. The summed E-state index contributed by atoms with van der Waals surface area (Å²) in [6.07, 6.45) is 1.41. The SMILES string of the molecule is CC(=O)NCC(=O)N1CCC(c2[nH]nc(-c3ccc(F)cc3)c2-c2nc(C(=O)NC(C)C)cs2)CC1. The summed E-state index contributed by atoms with van der Waals surface area (Å²) in [5, 5.41) is 15.5. The second-order valence-corrected chi connectivity index (χ2v) is 9.96. The molecule has 190 valence electrons. The summed E-state index contributed by atoms with van der Waals surface area (Å²) in [5.41, 5.74) is 3.38. The van der Waals surface area contributed by atoms with E-state index in [0.29, 0.717) is 42.3 Å². The van der Waals surface area contributed by atoms with Gasteiger partial charge in [0.1, 0.15) is 22.2 Å². The van der Waals surface area contributed by atoms with Crippen LogP contribution in [-0.2, 0) is 9.59 Å². The molecule has 3 heterocycles. The summed E-state index contributed by atoms with van der Waals surface area (Å²) in [6.45, 7) is 6.25. The number of aromatic amines is 1. The van der Waals surface area contributed by atoms with Crippen molar-refractivity contribution in [3.63, 3.8) is 0 Å². The second-order valence-electron chi connectivity index (χ2n) is 9.10. The molecule has 0 saturated carbocycles. The van der Waals surface area contributed by atoms with Gasteiger partial charge in [0.05, 0.1) is 12.1 Å². The van der Waals surface area contributed by atoms with Crippen LogP contribution < -0.4 is 10.6 Å². The van der Waals surface area contributed by atoms with Gasteiger partial charge < -0.3 is 15.5 Å². The number of benzene rings is 1. The van der Waals surface area contributed by atoms with Crippen LogP contribution in [0.5, 0.6) is 0 Å².